The van der Waals surface area contributed by atoms with E-state index in [1.807, 2.05) is 18.3 Å². The predicted octanol–water partition coefficient (Wildman–Crippen LogP) is 3.99. The third-order valence-corrected chi connectivity index (χ3v) is 5.51. The molecule has 0 spiro atoms. The maximum atomic E-state index is 6.47. The number of piperidine rings is 1. The number of nitrogens with one attached hydrogen (secondary N) is 1. The van der Waals surface area contributed by atoms with Gasteiger partial charge in [-0.25, -0.2) is 0 Å². The van der Waals surface area contributed by atoms with Gasteiger partial charge in [-0.3, -0.25) is 4.68 Å². The van der Waals surface area contributed by atoms with E-state index in [0.717, 1.165) is 79.6 Å². The van der Waals surface area contributed by atoms with Crippen molar-refractivity contribution in [2.45, 2.75) is 44.8 Å². The lowest BCUT2D eigenvalue weighted by Crippen LogP contribution is -2.34. The second kappa shape index (κ2) is 7.99. The number of halogens is 1. The topological polar surface area (TPSA) is 48.3 Å². The van der Waals surface area contributed by atoms with Crippen LogP contribution in [0.4, 0.5) is 0 Å². The van der Waals surface area contributed by atoms with Gasteiger partial charge in [-0.2, -0.15) is 5.10 Å². The maximum Gasteiger partial charge on any atom is 0.132 e. The molecule has 0 amide bonds. The van der Waals surface area contributed by atoms with Crippen LogP contribution in [0.25, 0.3) is 11.3 Å². The SMILES string of the molecule is Cc1cc(Cl)cc(-c2ccnn2C2CCOCC2)c1OC1CCNCC1. The van der Waals surface area contributed by atoms with Gasteiger partial charge in [0.15, 0.2) is 0 Å². The number of ether oxygens (including phenoxy) is 2. The largest absolute Gasteiger partial charge is 0.489 e. The Hall–Kier alpha value is -1.56. The minimum absolute atomic E-state index is 0.245. The quantitative estimate of drug-likeness (QED) is 0.877. The zero-order valence-electron chi connectivity index (χ0n) is 15.2. The Labute approximate surface area is 159 Å². The lowest BCUT2D eigenvalue weighted by molar-refractivity contribution is 0.0667. The molecule has 1 N–H and O–H groups in total. The second-order valence-corrected chi connectivity index (χ2v) is 7.61. The highest BCUT2D eigenvalue weighted by Crippen LogP contribution is 2.38. The molecule has 6 heteroatoms. The third kappa shape index (κ3) is 3.75. The molecule has 3 heterocycles. The van der Waals surface area contributed by atoms with Crippen molar-refractivity contribution >= 4 is 11.6 Å². The molecule has 2 saturated heterocycles. The second-order valence-electron chi connectivity index (χ2n) is 7.17. The molecular formula is C20H26ClN3O2. The van der Waals surface area contributed by atoms with E-state index < -0.39 is 0 Å². The first-order valence-corrected chi connectivity index (χ1v) is 9.89. The fourth-order valence-corrected chi connectivity index (χ4v) is 4.18. The molecule has 2 aromatic rings. The summed E-state index contributed by atoms with van der Waals surface area (Å²) in [5.41, 5.74) is 3.19. The van der Waals surface area contributed by atoms with E-state index in [0.29, 0.717) is 6.04 Å². The number of hydrogen-bond acceptors (Lipinski definition) is 4. The average Bonchev–Trinajstić information content (AvgIpc) is 3.15. The summed E-state index contributed by atoms with van der Waals surface area (Å²) in [5, 5.41) is 8.74. The summed E-state index contributed by atoms with van der Waals surface area (Å²) in [4.78, 5) is 0. The van der Waals surface area contributed by atoms with Crippen molar-refractivity contribution in [3.05, 3.63) is 35.0 Å². The first kappa shape index (κ1) is 17.8. The zero-order valence-corrected chi connectivity index (χ0v) is 16.0. The number of nitrogens with zero attached hydrogens (tertiary/aromatic N) is 2. The number of rotatable bonds is 4. The van der Waals surface area contributed by atoms with Crippen LogP contribution in [0.2, 0.25) is 5.02 Å². The standard InChI is InChI=1S/C20H26ClN3O2/c1-14-12-15(21)13-18(20(14)26-17-2-7-22-8-3-17)19-4-9-23-24(19)16-5-10-25-11-6-16/h4,9,12-13,16-17,22H,2-3,5-8,10-11H2,1H3. The van der Waals surface area contributed by atoms with Gasteiger partial charge >= 0.3 is 0 Å². The fourth-order valence-electron chi connectivity index (χ4n) is 3.90. The first-order chi connectivity index (χ1) is 12.7. The maximum absolute atomic E-state index is 6.47. The minimum atomic E-state index is 0.245. The molecule has 140 valence electrons. The van der Waals surface area contributed by atoms with Crippen LogP contribution >= 0.6 is 11.6 Å². The highest BCUT2D eigenvalue weighted by Gasteiger charge is 2.24. The van der Waals surface area contributed by atoms with Crippen LogP contribution < -0.4 is 10.1 Å². The van der Waals surface area contributed by atoms with Crippen molar-refractivity contribution in [3.8, 4) is 17.0 Å². The van der Waals surface area contributed by atoms with Gasteiger partial charge in [-0.1, -0.05) is 11.6 Å². The van der Waals surface area contributed by atoms with E-state index >= 15 is 0 Å². The molecule has 1 aromatic heterocycles. The van der Waals surface area contributed by atoms with Gasteiger partial charge in [-0.15, -0.1) is 0 Å². The average molecular weight is 376 g/mol. The van der Waals surface area contributed by atoms with Crippen LogP contribution in [0.3, 0.4) is 0 Å². The number of aromatic nitrogens is 2. The Morgan fingerprint density at radius 3 is 2.73 bits per heavy atom. The van der Waals surface area contributed by atoms with Crippen molar-refractivity contribution in [1.29, 1.82) is 0 Å². The van der Waals surface area contributed by atoms with Gasteiger partial charge in [0.1, 0.15) is 11.9 Å². The summed E-state index contributed by atoms with van der Waals surface area (Å²) in [7, 11) is 0. The van der Waals surface area contributed by atoms with Gasteiger partial charge in [-0.05, 0) is 69.5 Å². The van der Waals surface area contributed by atoms with Crippen LogP contribution in [0.1, 0.15) is 37.3 Å². The Kier molecular flexibility index (Phi) is 5.48. The molecule has 2 aliphatic rings. The molecule has 2 aliphatic heterocycles. The van der Waals surface area contributed by atoms with Gasteiger partial charge in [0, 0.05) is 30.0 Å². The molecule has 0 aliphatic carbocycles. The Balaban J connectivity index is 1.70. The molecule has 0 radical (unpaired) electrons. The van der Waals surface area contributed by atoms with Crippen molar-refractivity contribution < 1.29 is 9.47 Å². The Morgan fingerprint density at radius 2 is 1.96 bits per heavy atom. The van der Waals surface area contributed by atoms with E-state index in [1.165, 1.54) is 0 Å². The number of aryl methyl sites for hydroxylation is 1. The summed E-state index contributed by atoms with van der Waals surface area (Å²) in [5.74, 6) is 0.940. The van der Waals surface area contributed by atoms with Crippen molar-refractivity contribution in [2.75, 3.05) is 26.3 Å². The molecule has 26 heavy (non-hydrogen) atoms. The number of hydrogen-bond donors (Lipinski definition) is 1. The van der Waals surface area contributed by atoms with E-state index in [2.05, 4.69) is 28.1 Å². The van der Waals surface area contributed by atoms with Crippen LogP contribution in [-0.4, -0.2) is 42.2 Å². The fraction of sp³-hybridized carbons (Fsp3) is 0.550. The zero-order chi connectivity index (χ0) is 17.9. The third-order valence-electron chi connectivity index (χ3n) is 5.29. The van der Waals surface area contributed by atoms with Crippen molar-refractivity contribution in [2.24, 2.45) is 0 Å². The molecular weight excluding hydrogens is 350 g/mol. The number of benzene rings is 1. The van der Waals surface area contributed by atoms with Gasteiger partial charge in [0.25, 0.3) is 0 Å². The molecule has 0 unspecified atom stereocenters. The molecule has 4 rings (SSSR count). The summed E-state index contributed by atoms with van der Waals surface area (Å²) >= 11 is 6.40. The molecule has 0 bridgehead atoms. The van der Waals surface area contributed by atoms with Crippen molar-refractivity contribution in [3.63, 3.8) is 0 Å². The monoisotopic (exact) mass is 375 g/mol. The summed E-state index contributed by atoms with van der Waals surface area (Å²) in [6.07, 6.45) is 6.14. The lowest BCUT2D eigenvalue weighted by atomic mass is 10.0. The Bertz CT molecular complexity index is 750. The summed E-state index contributed by atoms with van der Waals surface area (Å²) < 4.78 is 14.1. The smallest absolute Gasteiger partial charge is 0.132 e. The Morgan fingerprint density at radius 1 is 1.19 bits per heavy atom. The molecule has 5 nitrogen and oxygen atoms in total. The molecule has 2 fully saturated rings. The highest BCUT2D eigenvalue weighted by molar-refractivity contribution is 6.31. The van der Waals surface area contributed by atoms with Crippen LogP contribution in [0, 0.1) is 6.92 Å². The minimum Gasteiger partial charge on any atom is -0.489 e. The predicted molar refractivity (Wildman–Crippen MR) is 103 cm³/mol. The lowest BCUT2D eigenvalue weighted by Gasteiger charge is -2.28. The molecule has 0 saturated carbocycles. The van der Waals surface area contributed by atoms with E-state index in [4.69, 9.17) is 21.1 Å². The van der Waals surface area contributed by atoms with E-state index in [9.17, 15) is 0 Å². The summed E-state index contributed by atoms with van der Waals surface area (Å²) in [6, 6.07) is 6.42. The molecule has 1 aromatic carbocycles. The van der Waals surface area contributed by atoms with Gasteiger partial charge in [0.2, 0.25) is 0 Å². The molecule has 0 atom stereocenters. The summed E-state index contributed by atoms with van der Waals surface area (Å²) in [6.45, 7) is 5.66. The van der Waals surface area contributed by atoms with Gasteiger partial charge in [0.05, 0.1) is 11.7 Å². The van der Waals surface area contributed by atoms with Crippen molar-refractivity contribution in [1.82, 2.24) is 15.1 Å². The first-order valence-electron chi connectivity index (χ1n) is 9.51. The van der Waals surface area contributed by atoms with Crippen LogP contribution in [0.15, 0.2) is 24.4 Å². The normalized spacial score (nSPS) is 19.6. The van der Waals surface area contributed by atoms with Crippen LogP contribution in [-0.2, 0) is 4.74 Å². The van der Waals surface area contributed by atoms with E-state index in [1.54, 1.807) is 0 Å². The van der Waals surface area contributed by atoms with E-state index in [-0.39, 0.29) is 6.10 Å². The van der Waals surface area contributed by atoms with Crippen LogP contribution in [0.5, 0.6) is 5.75 Å². The van der Waals surface area contributed by atoms with Gasteiger partial charge < -0.3 is 14.8 Å². The highest BCUT2D eigenvalue weighted by atomic mass is 35.5.